The Kier molecular flexibility index (Phi) is 4.63. The highest BCUT2D eigenvalue weighted by molar-refractivity contribution is 6.30. The maximum absolute atomic E-state index is 5.96. The van der Waals surface area contributed by atoms with Crippen LogP contribution in [0.4, 0.5) is 17.5 Å². The van der Waals surface area contributed by atoms with Crippen LogP contribution >= 0.6 is 11.6 Å². The fourth-order valence-electron chi connectivity index (χ4n) is 2.03. The first-order chi connectivity index (χ1) is 11.2. The van der Waals surface area contributed by atoms with Crippen molar-refractivity contribution in [3.63, 3.8) is 0 Å². The normalized spacial score (nSPS) is 10.3. The van der Waals surface area contributed by atoms with Gasteiger partial charge in [-0.2, -0.15) is 10.1 Å². The van der Waals surface area contributed by atoms with E-state index in [1.807, 2.05) is 37.3 Å². The molecule has 0 atom stereocenters. The van der Waals surface area contributed by atoms with Crippen molar-refractivity contribution in [1.82, 2.24) is 20.2 Å². The van der Waals surface area contributed by atoms with E-state index in [2.05, 4.69) is 30.8 Å². The summed E-state index contributed by atoms with van der Waals surface area (Å²) in [5, 5.41) is 15.0. The number of hydrogen-bond donors (Lipinski definition) is 2. The summed E-state index contributed by atoms with van der Waals surface area (Å²) in [5.74, 6) is 1.06. The van der Waals surface area contributed by atoms with Gasteiger partial charge in [-0.25, -0.2) is 0 Å². The van der Waals surface area contributed by atoms with E-state index < -0.39 is 0 Å². The van der Waals surface area contributed by atoms with Crippen LogP contribution in [0, 0.1) is 6.92 Å². The van der Waals surface area contributed by atoms with E-state index in [-0.39, 0.29) is 0 Å². The number of rotatable bonds is 5. The first-order valence-electron chi connectivity index (χ1n) is 7.06. The third-order valence-corrected chi connectivity index (χ3v) is 3.42. The molecule has 23 heavy (non-hydrogen) atoms. The molecule has 2 aromatic heterocycles. The Bertz CT molecular complexity index is 794. The number of anilines is 3. The quantitative estimate of drug-likeness (QED) is 0.746. The second-order valence-corrected chi connectivity index (χ2v) is 5.40. The van der Waals surface area contributed by atoms with Crippen molar-refractivity contribution in [1.29, 1.82) is 0 Å². The zero-order chi connectivity index (χ0) is 16.1. The third kappa shape index (κ3) is 4.14. The number of hydrogen-bond acceptors (Lipinski definition) is 6. The largest absolute Gasteiger partial charge is 0.349 e. The Morgan fingerprint density at radius 2 is 2.09 bits per heavy atom. The monoisotopic (exact) mass is 326 g/mol. The Morgan fingerprint density at radius 1 is 1.17 bits per heavy atom. The van der Waals surface area contributed by atoms with Gasteiger partial charge in [0.05, 0.1) is 6.20 Å². The van der Waals surface area contributed by atoms with Crippen LogP contribution in [-0.2, 0) is 6.54 Å². The highest BCUT2D eigenvalue weighted by atomic mass is 35.5. The van der Waals surface area contributed by atoms with Crippen LogP contribution in [0.15, 0.2) is 48.9 Å². The molecule has 2 heterocycles. The molecule has 0 aliphatic carbocycles. The van der Waals surface area contributed by atoms with Gasteiger partial charge in [-0.1, -0.05) is 17.7 Å². The van der Waals surface area contributed by atoms with Crippen molar-refractivity contribution in [2.24, 2.45) is 0 Å². The Labute approximate surface area is 139 Å². The number of pyridine rings is 1. The van der Waals surface area contributed by atoms with Gasteiger partial charge in [0.2, 0.25) is 5.95 Å². The highest BCUT2D eigenvalue weighted by Crippen LogP contribution is 2.22. The van der Waals surface area contributed by atoms with Crippen molar-refractivity contribution in [3.8, 4) is 0 Å². The van der Waals surface area contributed by atoms with Crippen LogP contribution in [0.5, 0.6) is 0 Å². The van der Waals surface area contributed by atoms with Gasteiger partial charge in [0, 0.05) is 29.6 Å². The molecule has 0 radical (unpaired) electrons. The molecule has 0 amide bonds. The zero-order valence-electron chi connectivity index (χ0n) is 12.5. The summed E-state index contributed by atoms with van der Waals surface area (Å²) in [4.78, 5) is 8.46. The molecule has 3 rings (SSSR count). The molecular formula is C16H15ClN6. The molecule has 0 saturated heterocycles. The van der Waals surface area contributed by atoms with Gasteiger partial charge in [0.25, 0.3) is 0 Å². The molecule has 0 aliphatic heterocycles. The first-order valence-corrected chi connectivity index (χ1v) is 7.44. The summed E-state index contributed by atoms with van der Waals surface area (Å²) >= 11 is 5.96. The maximum Gasteiger partial charge on any atom is 0.244 e. The smallest absolute Gasteiger partial charge is 0.244 e. The SMILES string of the molecule is Cc1cc(Cl)ccc1Nc1cnnc(NCc2cccnc2)n1. The number of nitrogens with zero attached hydrogens (tertiary/aromatic N) is 4. The number of halogens is 1. The van der Waals surface area contributed by atoms with E-state index in [9.17, 15) is 0 Å². The fraction of sp³-hybridized carbons (Fsp3) is 0.125. The molecule has 0 unspecified atom stereocenters. The van der Waals surface area contributed by atoms with Crippen molar-refractivity contribution >= 4 is 29.1 Å². The summed E-state index contributed by atoms with van der Waals surface area (Å²) in [6.45, 7) is 2.56. The lowest BCUT2D eigenvalue weighted by atomic mass is 10.2. The van der Waals surface area contributed by atoms with Crippen LogP contribution in [-0.4, -0.2) is 20.2 Å². The summed E-state index contributed by atoms with van der Waals surface area (Å²) in [6, 6.07) is 9.49. The summed E-state index contributed by atoms with van der Waals surface area (Å²) in [5.41, 5.74) is 3.00. The van der Waals surface area contributed by atoms with Gasteiger partial charge in [-0.3, -0.25) is 4.98 Å². The molecule has 0 spiro atoms. The third-order valence-electron chi connectivity index (χ3n) is 3.18. The van der Waals surface area contributed by atoms with Gasteiger partial charge in [0.15, 0.2) is 5.82 Å². The van der Waals surface area contributed by atoms with Crippen LogP contribution < -0.4 is 10.6 Å². The number of aromatic nitrogens is 4. The first kappa shape index (κ1) is 15.2. The van der Waals surface area contributed by atoms with Gasteiger partial charge in [-0.05, 0) is 42.3 Å². The molecule has 2 N–H and O–H groups in total. The highest BCUT2D eigenvalue weighted by Gasteiger charge is 2.04. The fourth-order valence-corrected chi connectivity index (χ4v) is 2.25. The van der Waals surface area contributed by atoms with E-state index in [0.29, 0.717) is 23.3 Å². The van der Waals surface area contributed by atoms with Crippen LogP contribution in [0.2, 0.25) is 5.02 Å². The second-order valence-electron chi connectivity index (χ2n) is 4.96. The minimum absolute atomic E-state index is 0.450. The molecule has 0 aliphatic rings. The molecule has 0 saturated carbocycles. The molecule has 3 aromatic rings. The lowest BCUT2D eigenvalue weighted by molar-refractivity contribution is 0.946. The maximum atomic E-state index is 5.96. The van der Waals surface area contributed by atoms with Crippen LogP contribution in [0.1, 0.15) is 11.1 Å². The van der Waals surface area contributed by atoms with E-state index in [1.54, 1.807) is 18.6 Å². The summed E-state index contributed by atoms with van der Waals surface area (Å²) in [6.07, 6.45) is 5.10. The van der Waals surface area contributed by atoms with E-state index in [1.165, 1.54) is 0 Å². The molecular weight excluding hydrogens is 312 g/mol. The standard InChI is InChI=1S/C16H15ClN6/c1-11-7-13(17)4-5-14(11)21-15-10-20-23-16(22-15)19-9-12-3-2-6-18-8-12/h2-8,10H,9H2,1H3,(H2,19,21,22,23). The number of benzene rings is 1. The van der Waals surface area contributed by atoms with E-state index in [0.717, 1.165) is 16.8 Å². The van der Waals surface area contributed by atoms with Crippen molar-refractivity contribution in [2.75, 3.05) is 10.6 Å². The Hall–Kier alpha value is -2.73. The molecule has 7 heteroatoms. The molecule has 116 valence electrons. The Morgan fingerprint density at radius 3 is 2.87 bits per heavy atom. The van der Waals surface area contributed by atoms with Crippen molar-refractivity contribution in [3.05, 3.63) is 65.1 Å². The van der Waals surface area contributed by atoms with E-state index in [4.69, 9.17) is 11.6 Å². The zero-order valence-corrected chi connectivity index (χ0v) is 13.2. The average Bonchev–Trinajstić information content (AvgIpc) is 2.57. The second kappa shape index (κ2) is 7.02. The number of nitrogens with one attached hydrogen (secondary N) is 2. The predicted molar refractivity (Wildman–Crippen MR) is 90.9 cm³/mol. The average molecular weight is 327 g/mol. The minimum atomic E-state index is 0.450. The minimum Gasteiger partial charge on any atom is -0.349 e. The molecule has 6 nitrogen and oxygen atoms in total. The summed E-state index contributed by atoms with van der Waals surface area (Å²) < 4.78 is 0. The Balaban J connectivity index is 1.69. The number of aryl methyl sites for hydroxylation is 1. The lowest BCUT2D eigenvalue weighted by Gasteiger charge is -2.10. The van der Waals surface area contributed by atoms with Gasteiger partial charge < -0.3 is 10.6 Å². The van der Waals surface area contributed by atoms with Crippen molar-refractivity contribution < 1.29 is 0 Å². The van der Waals surface area contributed by atoms with Gasteiger partial charge >= 0.3 is 0 Å². The van der Waals surface area contributed by atoms with Gasteiger partial charge in [0.1, 0.15) is 0 Å². The van der Waals surface area contributed by atoms with E-state index >= 15 is 0 Å². The summed E-state index contributed by atoms with van der Waals surface area (Å²) in [7, 11) is 0. The van der Waals surface area contributed by atoms with Crippen LogP contribution in [0.3, 0.4) is 0 Å². The molecule has 0 fully saturated rings. The molecule has 1 aromatic carbocycles. The molecule has 0 bridgehead atoms. The predicted octanol–water partition coefficient (Wildman–Crippen LogP) is 3.58. The van der Waals surface area contributed by atoms with Crippen molar-refractivity contribution in [2.45, 2.75) is 13.5 Å². The van der Waals surface area contributed by atoms with Gasteiger partial charge in [-0.15, -0.1) is 5.10 Å². The topological polar surface area (TPSA) is 75.6 Å². The van der Waals surface area contributed by atoms with Crippen LogP contribution in [0.25, 0.3) is 0 Å². The lowest BCUT2D eigenvalue weighted by Crippen LogP contribution is -2.06.